The van der Waals surface area contributed by atoms with Gasteiger partial charge in [0, 0.05) is 61.8 Å². The number of ether oxygens (including phenoxy) is 1. The van der Waals surface area contributed by atoms with Crippen LogP contribution in [0.25, 0.3) is 11.4 Å². The molecule has 1 amide bonds. The zero-order valence-electron chi connectivity index (χ0n) is 23.0. The number of non-ortho nitro benzene ring substituents is 1. The van der Waals surface area contributed by atoms with Crippen LogP contribution in [-0.4, -0.2) is 74.6 Å². The minimum atomic E-state index is -0.444. The van der Waals surface area contributed by atoms with Gasteiger partial charge in [-0.05, 0) is 55.1 Å². The van der Waals surface area contributed by atoms with Crippen molar-refractivity contribution in [2.75, 3.05) is 48.8 Å². The largest absolute Gasteiger partial charge is 0.405 e. The number of amides is 1. The Morgan fingerprint density at radius 2 is 1.74 bits per heavy atom. The van der Waals surface area contributed by atoms with E-state index in [0.717, 1.165) is 31.7 Å². The molecule has 2 aliphatic rings. The molecule has 2 aromatic heterocycles. The lowest BCUT2D eigenvalue weighted by Crippen LogP contribution is -2.45. The standard InChI is InChI=1S/C29H25N9O4S/c1-35-12-14-36(15-13-35)28-32-26(33-29(34-28)42-24-11-2-19(16-30)17-31-24)20-3-7-22(8-4-20)37-25(39)18-43-27(37)21-5-9-23(10-6-21)38(40)41/h2-11,17,27H,12-15,18H2,1H3. The van der Waals surface area contributed by atoms with Crippen LogP contribution in [-0.2, 0) is 4.79 Å². The Balaban J connectivity index is 1.29. The van der Waals surface area contributed by atoms with Crippen LogP contribution in [0.5, 0.6) is 11.9 Å². The Kier molecular flexibility index (Phi) is 7.82. The number of carbonyl (C=O) groups excluding carboxylic acids is 1. The summed E-state index contributed by atoms with van der Waals surface area (Å²) < 4.78 is 5.88. The molecule has 14 heteroatoms. The zero-order valence-corrected chi connectivity index (χ0v) is 23.8. The van der Waals surface area contributed by atoms with E-state index >= 15 is 0 Å². The molecule has 0 spiro atoms. The topological polar surface area (TPSA) is 155 Å². The maximum absolute atomic E-state index is 12.9. The summed E-state index contributed by atoms with van der Waals surface area (Å²) in [6.45, 7) is 3.21. The van der Waals surface area contributed by atoms with Gasteiger partial charge >= 0.3 is 6.01 Å². The molecule has 1 unspecified atom stereocenters. The average Bonchev–Trinajstić information content (AvgIpc) is 3.43. The quantitative estimate of drug-likeness (QED) is 0.224. The van der Waals surface area contributed by atoms with Crippen molar-refractivity contribution < 1.29 is 14.5 Å². The van der Waals surface area contributed by atoms with Crippen LogP contribution in [0.1, 0.15) is 16.5 Å². The second-order valence-electron chi connectivity index (χ2n) is 9.95. The highest BCUT2D eigenvalue weighted by Gasteiger charge is 2.34. The van der Waals surface area contributed by atoms with Crippen LogP contribution in [0.3, 0.4) is 0 Å². The highest BCUT2D eigenvalue weighted by atomic mass is 32.2. The molecule has 2 fully saturated rings. The number of aromatic nitrogens is 4. The number of anilines is 2. The van der Waals surface area contributed by atoms with Gasteiger partial charge in [0.25, 0.3) is 5.69 Å². The van der Waals surface area contributed by atoms with Crippen LogP contribution in [0, 0.1) is 21.4 Å². The van der Waals surface area contributed by atoms with E-state index in [9.17, 15) is 14.9 Å². The van der Waals surface area contributed by atoms with Gasteiger partial charge in [-0.25, -0.2) is 4.98 Å². The fourth-order valence-corrected chi connectivity index (χ4v) is 5.93. The number of hydrogen-bond acceptors (Lipinski definition) is 12. The highest BCUT2D eigenvalue weighted by Crippen LogP contribution is 2.42. The predicted molar refractivity (Wildman–Crippen MR) is 160 cm³/mol. The van der Waals surface area contributed by atoms with E-state index in [2.05, 4.69) is 31.8 Å². The van der Waals surface area contributed by atoms with E-state index < -0.39 is 4.92 Å². The second kappa shape index (κ2) is 12.0. The highest BCUT2D eigenvalue weighted by molar-refractivity contribution is 8.00. The molecule has 1 atom stereocenters. The monoisotopic (exact) mass is 595 g/mol. The fourth-order valence-electron chi connectivity index (χ4n) is 4.75. The molecule has 0 saturated carbocycles. The summed E-state index contributed by atoms with van der Waals surface area (Å²) >= 11 is 1.47. The number of nitro benzene ring substituents is 1. The van der Waals surface area contributed by atoms with Crippen LogP contribution in [0.2, 0.25) is 0 Å². The van der Waals surface area contributed by atoms with Gasteiger partial charge in [-0.1, -0.05) is 0 Å². The first kappa shape index (κ1) is 28.0. The van der Waals surface area contributed by atoms with Gasteiger partial charge in [-0.2, -0.15) is 20.2 Å². The lowest BCUT2D eigenvalue weighted by Gasteiger charge is -2.32. The molecule has 2 saturated heterocycles. The smallest absolute Gasteiger partial charge is 0.328 e. The minimum absolute atomic E-state index is 0.000539. The molecule has 2 aliphatic heterocycles. The molecule has 2 aromatic carbocycles. The van der Waals surface area contributed by atoms with E-state index in [1.54, 1.807) is 29.2 Å². The van der Waals surface area contributed by atoms with E-state index in [1.807, 2.05) is 30.3 Å². The summed E-state index contributed by atoms with van der Waals surface area (Å²) in [5.74, 6) is 1.38. The molecule has 0 radical (unpaired) electrons. The summed E-state index contributed by atoms with van der Waals surface area (Å²) in [5.41, 5.74) is 2.60. The molecular weight excluding hydrogens is 570 g/mol. The summed E-state index contributed by atoms with van der Waals surface area (Å²) in [5, 5.41) is 19.8. The Morgan fingerprint density at radius 1 is 1.00 bits per heavy atom. The van der Waals surface area contributed by atoms with Crippen molar-refractivity contribution >= 4 is 35.0 Å². The predicted octanol–water partition coefficient (Wildman–Crippen LogP) is 4.04. The van der Waals surface area contributed by atoms with Crippen molar-refractivity contribution in [3.63, 3.8) is 0 Å². The van der Waals surface area contributed by atoms with Gasteiger partial charge in [-0.3, -0.25) is 19.8 Å². The van der Waals surface area contributed by atoms with Crippen molar-refractivity contribution in [1.29, 1.82) is 5.26 Å². The molecule has 13 nitrogen and oxygen atoms in total. The fraction of sp³-hybridized carbons (Fsp3) is 0.241. The number of nitro groups is 1. The molecular formula is C29H25N9O4S. The van der Waals surface area contributed by atoms with E-state index in [0.29, 0.717) is 34.3 Å². The van der Waals surface area contributed by atoms with Gasteiger partial charge in [0.15, 0.2) is 5.82 Å². The number of piperazine rings is 1. The number of hydrogen-bond donors (Lipinski definition) is 0. The van der Waals surface area contributed by atoms with E-state index in [4.69, 9.17) is 15.0 Å². The van der Waals surface area contributed by atoms with Crippen molar-refractivity contribution in [3.05, 3.63) is 88.1 Å². The lowest BCUT2D eigenvalue weighted by atomic mass is 10.1. The van der Waals surface area contributed by atoms with Crippen molar-refractivity contribution in [1.82, 2.24) is 24.8 Å². The van der Waals surface area contributed by atoms with Gasteiger partial charge < -0.3 is 14.5 Å². The van der Waals surface area contributed by atoms with Crippen LogP contribution in [0.4, 0.5) is 17.3 Å². The van der Waals surface area contributed by atoms with Crippen LogP contribution < -0.4 is 14.5 Å². The molecule has 0 bridgehead atoms. The van der Waals surface area contributed by atoms with Crippen molar-refractivity contribution in [3.8, 4) is 29.3 Å². The number of benzene rings is 2. The Hall–Kier alpha value is -5.13. The molecule has 6 rings (SSSR count). The van der Waals surface area contributed by atoms with Gasteiger partial charge in [0.05, 0.1) is 16.2 Å². The van der Waals surface area contributed by atoms with E-state index in [-0.39, 0.29) is 28.9 Å². The molecule has 4 heterocycles. The van der Waals surface area contributed by atoms with Gasteiger partial charge in [0.2, 0.25) is 17.7 Å². The maximum Gasteiger partial charge on any atom is 0.328 e. The summed E-state index contributed by atoms with van der Waals surface area (Å²) in [6, 6.07) is 18.9. The number of thioether (sulfide) groups is 1. The Labute approximate surface area is 250 Å². The third kappa shape index (κ3) is 6.08. The number of nitriles is 1. The number of likely N-dealkylation sites (N-methyl/N-ethyl adjacent to an activating group) is 1. The first-order valence-corrected chi connectivity index (χ1v) is 14.4. The summed E-state index contributed by atoms with van der Waals surface area (Å²) in [7, 11) is 2.07. The molecule has 216 valence electrons. The van der Waals surface area contributed by atoms with Crippen LogP contribution >= 0.6 is 11.8 Å². The first-order chi connectivity index (χ1) is 20.9. The van der Waals surface area contributed by atoms with Gasteiger partial charge in [-0.15, -0.1) is 11.8 Å². The maximum atomic E-state index is 12.9. The number of nitrogens with zero attached hydrogens (tertiary/aromatic N) is 9. The van der Waals surface area contributed by atoms with E-state index in [1.165, 1.54) is 30.1 Å². The third-order valence-electron chi connectivity index (χ3n) is 7.11. The van der Waals surface area contributed by atoms with Gasteiger partial charge in [0.1, 0.15) is 11.4 Å². The molecule has 0 aliphatic carbocycles. The Morgan fingerprint density at radius 3 is 2.40 bits per heavy atom. The third-order valence-corrected chi connectivity index (χ3v) is 8.32. The number of rotatable bonds is 7. The second-order valence-corrected chi connectivity index (χ2v) is 11.0. The minimum Gasteiger partial charge on any atom is -0.405 e. The summed E-state index contributed by atoms with van der Waals surface area (Å²) in [6.07, 6.45) is 1.42. The first-order valence-electron chi connectivity index (χ1n) is 13.4. The average molecular weight is 596 g/mol. The SMILES string of the molecule is CN1CCN(c2nc(Oc3ccc(C#N)cn3)nc(-c3ccc(N4C(=O)CSC4c4ccc([N+](=O)[O-])cc4)cc3)n2)CC1. The number of carbonyl (C=O) groups is 1. The van der Waals surface area contributed by atoms with Crippen molar-refractivity contribution in [2.24, 2.45) is 0 Å². The molecule has 4 aromatic rings. The summed E-state index contributed by atoms with van der Waals surface area (Å²) in [4.78, 5) is 47.6. The normalized spacial score (nSPS) is 17.1. The van der Waals surface area contributed by atoms with Crippen molar-refractivity contribution in [2.45, 2.75) is 5.37 Å². The molecule has 0 N–H and O–H groups in total. The molecule has 43 heavy (non-hydrogen) atoms. The zero-order chi connectivity index (χ0) is 29.9. The lowest BCUT2D eigenvalue weighted by molar-refractivity contribution is -0.384. The number of pyridine rings is 1. The van der Waals surface area contributed by atoms with Crippen LogP contribution in [0.15, 0.2) is 66.9 Å². The Bertz CT molecular complexity index is 1690.